The standard InChI is InChI=1S/C26H36/c1-3-5-7-21-9-13-23(14-10-21)25-17-19-26(20-18-25)24-15-11-22(12-16-24)8-6-4-2/h3-4,9,13,17-24H,1-2,5-8,10-12,14-16H2. The zero-order valence-electron chi connectivity index (χ0n) is 16.4. The Morgan fingerprint density at radius 2 is 1.38 bits per heavy atom. The maximum absolute atomic E-state index is 3.86. The summed E-state index contributed by atoms with van der Waals surface area (Å²) in [5, 5.41) is 0. The van der Waals surface area contributed by atoms with Crippen molar-refractivity contribution in [1.29, 1.82) is 0 Å². The molecule has 2 atom stereocenters. The van der Waals surface area contributed by atoms with E-state index >= 15 is 0 Å². The van der Waals surface area contributed by atoms with Gasteiger partial charge in [-0.3, -0.25) is 0 Å². The van der Waals surface area contributed by atoms with Crippen molar-refractivity contribution in [2.75, 3.05) is 0 Å². The minimum Gasteiger partial charge on any atom is -0.103 e. The fraction of sp³-hybridized carbons (Fsp3) is 0.538. The highest BCUT2D eigenvalue weighted by Gasteiger charge is 2.22. The third-order valence-corrected chi connectivity index (χ3v) is 6.67. The molecule has 0 heteroatoms. The second kappa shape index (κ2) is 9.95. The van der Waals surface area contributed by atoms with Crippen LogP contribution in [0.25, 0.3) is 0 Å². The Balaban J connectivity index is 1.51. The van der Waals surface area contributed by atoms with Gasteiger partial charge in [0, 0.05) is 5.92 Å². The second-order valence-corrected chi connectivity index (χ2v) is 8.45. The first-order valence-electron chi connectivity index (χ1n) is 10.8. The number of hydrogen-bond acceptors (Lipinski definition) is 0. The molecule has 0 bridgehead atoms. The van der Waals surface area contributed by atoms with Crippen molar-refractivity contribution in [3.63, 3.8) is 0 Å². The van der Waals surface area contributed by atoms with Gasteiger partial charge in [0.1, 0.15) is 0 Å². The monoisotopic (exact) mass is 348 g/mol. The first-order valence-corrected chi connectivity index (χ1v) is 10.8. The predicted octanol–water partition coefficient (Wildman–Crippen LogP) is 7.94. The number of rotatable bonds is 8. The third-order valence-electron chi connectivity index (χ3n) is 6.67. The molecule has 0 saturated heterocycles. The van der Waals surface area contributed by atoms with Gasteiger partial charge in [-0.25, -0.2) is 0 Å². The van der Waals surface area contributed by atoms with Gasteiger partial charge in [0.25, 0.3) is 0 Å². The van der Waals surface area contributed by atoms with Crippen LogP contribution in [0.3, 0.4) is 0 Å². The van der Waals surface area contributed by atoms with Crippen LogP contribution in [-0.4, -0.2) is 0 Å². The third kappa shape index (κ3) is 5.22. The summed E-state index contributed by atoms with van der Waals surface area (Å²) in [6, 6.07) is 9.64. The van der Waals surface area contributed by atoms with Crippen LogP contribution >= 0.6 is 0 Å². The van der Waals surface area contributed by atoms with Crippen LogP contribution in [0.1, 0.15) is 87.2 Å². The van der Waals surface area contributed by atoms with E-state index in [1.54, 1.807) is 5.56 Å². The lowest BCUT2D eigenvalue weighted by molar-refractivity contribution is 0.312. The van der Waals surface area contributed by atoms with Gasteiger partial charge in [-0.15, -0.1) is 13.2 Å². The Hall–Kier alpha value is -1.56. The molecule has 0 spiro atoms. The topological polar surface area (TPSA) is 0 Å². The van der Waals surface area contributed by atoms with E-state index in [9.17, 15) is 0 Å². The Labute approximate surface area is 161 Å². The zero-order chi connectivity index (χ0) is 18.2. The van der Waals surface area contributed by atoms with Crippen LogP contribution < -0.4 is 0 Å². The number of hydrogen-bond donors (Lipinski definition) is 0. The molecule has 2 aliphatic rings. The molecular weight excluding hydrogens is 312 g/mol. The van der Waals surface area contributed by atoms with E-state index in [2.05, 4.69) is 55.7 Å². The van der Waals surface area contributed by atoms with E-state index < -0.39 is 0 Å². The molecule has 0 amide bonds. The van der Waals surface area contributed by atoms with Crippen LogP contribution in [0.5, 0.6) is 0 Å². The lowest BCUT2D eigenvalue weighted by atomic mass is 9.76. The van der Waals surface area contributed by atoms with Crippen molar-refractivity contribution >= 4 is 0 Å². The van der Waals surface area contributed by atoms with Crippen molar-refractivity contribution in [2.24, 2.45) is 11.8 Å². The van der Waals surface area contributed by atoms with Gasteiger partial charge >= 0.3 is 0 Å². The molecule has 0 aromatic heterocycles. The highest BCUT2D eigenvalue weighted by Crippen LogP contribution is 2.38. The SMILES string of the molecule is C=CCCC1C=CC(c2ccc(C3CCC(CCC=C)CC3)cc2)CC1. The van der Waals surface area contributed by atoms with E-state index in [1.165, 1.54) is 63.4 Å². The smallest absolute Gasteiger partial charge is 0.00182 e. The summed E-state index contributed by atoms with van der Waals surface area (Å²) in [4.78, 5) is 0. The summed E-state index contributed by atoms with van der Waals surface area (Å²) in [6.07, 6.45) is 22.1. The number of allylic oxidation sites excluding steroid dienone is 4. The maximum atomic E-state index is 3.86. The van der Waals surface area contributed by atoms with Crippen molar-refractivity contribution < 1.29 is 0 Å². The molecular formula is C26H36. The van der Waals surface area contributed by atoms with Gasteiger partial charge in [-0.1, -0.05) is 48.6 Å². The van der Waals surface area contributed by atoms with Crippen molar-refractivity contribution in [3.05, 3.63) is 72.9 Å². The van der Waals surface area contributed by atoms with Crippen molar-refractivity contribution in [1.82, 2.24) is 0 Å². The van der Waals surface area contributed by atoms with Crippen LogP contribution in [0, 0.1) is 11.8 Å². The molecule has 3 rings (SSSR count). The van der Waals surface area contributed by atoms with Crippen LogP contribution in [-0.2, 0) is 0 Å². The molecule has 140 valence electrons. The molecule has 26 heavy (non-hydrogen) atoms. The minimum atomic E-state index is 0.624. The molecule has 1 aromatic rings. The Morgan fingerprint density at radius 3 is 2.00 bits per heavy atom. The van der Waals surface area contributed by atoms with Gasteiger partial charge in [-0.05, 0) is 93.1 Å². The predicted molar refractivity (Wildman–Crippen MR) is 115 cm³/mol. The Morgan fingerprint density at radius 1 is 0.731 bits per heavy atom. The van der Waals surface area contributed by atoms with Gasteiger partial charge < -0.3 is 0 Å². The molecule has 1 fully saturated rings. The van der Waals surface area contributed by atoms with Crippen LogP contribution in [0.2, 0.25) is 0 Å². The molecule has 2 unspecified atom stereocenters. The molecule has 0 radical (unpaired) electrons. The first-order chi connectivity index (χ1) is 12.8. The average Bonchev–Trinajstić information content (AvgIpc) is 2.72. The van der Waals surface area contributed by atoms with E-state index in [-0.39, 0.29) is 0 Å². The quantitative estimate of drug-likeness (QED) is 0.418. The largest absolute Gasteiger partial charge is 0.103 e. The maximum Gasteiger partial charge on any atom is 0.00182 e. The molecule has 0 N–H and O–H groups in total. The Bertz CT molecular complexity index is 583. The lowest BCUT2D eigenvalue weighted by Crippen LogP contribution is -2.13. The van der Waals surface area contributed by atoms with E-state index in [1.807, 2.05) is 6.08 Å². The van der Waals surface area contributed by atoms with E-state index in [4.69, 9.17) is 0 Å². The summed E-state index contributed by atoms with van der Waals surface area (Å²) in [6.45, 7) is 7.71. The molecule has 1 aromatic carbocycles. The molecule has 0 aliphatic heterocycles. The fourth-order valence-corrected chi connectivity index (χ4v) is 4.88. The molecule has 1 saturated carbocycles. The second-order valence-electron chi connectivity index (χ2n) is 8.45. The fourth-order valence-electron chi connectivity index (χ4n) is 4.88. The summed E-state index contributed by atoms with van der Waals surface area (Å²) >= 11 is 0. The lowest BCUT2D eigenvalue weighted by Gasteiger charge is -2.29. The highest BCUT2D eigenvalue weighted by molar-refractivity contribution is 5.31. The summed E-state index contributed by atoms with van der Waals surface area (Å²) in [7, 11) is 0. The molecule has 2 aliphatic carbocycles. The van der Waals surface area contributed by atoms with Crippen LogP contribution in [0.4, 0.5) is 0 Å². The molecule has 0 heterocycles. The summed E-state index contributed by atoms with van der Waals surface area (Å²) in [5.41, 5.74) is 3.08. The van der Waals surface area contributed by atoms with Crippen LogP contribution in [0.15, 0.2) is 61.7 Å². The van der Waals surface area contributed by atoms with Gasteiger partial charge in [-0.2, -0.15) is 0 Å². The van der Waals surface area contributed by atoms with E-state index in [0.717, 1.165) is 24.2 Å². The first kappa shape index (κ1) is 19.2. The van der Waals surface area contributed by atoms with E-state index in [0.29, 0.717) is 5.92 Å². The molecule has 0 nitrogen and oxygen atoms in total. The van der Waals surface area contributed by atoms with Gasteiger partial charge in [0.2, 0.25) is 0 Å². The average molecular weight is 349 g/mol. The van der Waals surface area contributed by atoms with Crippen molar-refractivity contribution in [3.8, 4) is 0 Å². The normalized spacial score (nSPS) is 28.6. The summed E-state index contributed by atoms with van der Waals surface area (Å²) in [5.74, 6) is 3.11. The highest BCUT2D eigenvalue weighted by atomic mass is 14.3. The van der Waals surface area contributed by atoms with Crippen molar-refractivity contribution in [2.45, 2.75) is 76.0 Å². The van der Waals surface area contributed by atoms with Gasteiger partial charge in [0.15, 0.2) is 0 Å². The number of benzene rings is 1. The zero-order valence-corrected chi connectivity index (χ0v) is 16.4. The van der Waals surface area contributed by atoms with Gasteiger partial charge in [0.05, 0.1) is 0 Å². The summed E-state index contributed by atoms with van der Waals surface area (Å²) < 4.78 is 0. The minimum absolute atomic E-state index is 0.624. The Kier molecular flexibility index (Phi) is 7.35.